The molecule has 6 rings (SSSR count). The summed E-state index contributed by atoms with van der Waals surface area (Å²) in [7, 11) is 0. The van der Waals surface area contributed by atoms with Gasteiger partial charge in [-0.15, -0.1) is 0 Å². The van der Waals surface area contributed by atoms with Gasteiger partial charge in [0.1, 0.15) is 5.69 Å². The largest absolute Gasteiger partial charge is 0.431 e. The molecule has 4 aromatic carbocycles. The van der Waals surface area contributed by atoms with Crippen molar-refractivity contribution in [1.82, 2.24) is 10.3 Å². The zero-order valence-corrected chi connectivity index (χ0v) is 26.1. The van der Waals surface area contributed by atoms with Crippen LogP contribution in [0.4, 0.5) is 0 Å². The Balaban J connectivity index is 1.26. The van der Waals surface area contributed by atoms with Crippen molar-refractivity contribution in [3.8, 4) is 22.6 Å². The topological polar surface area (TPSA) is 93.8 Å². The van der Waals surface area contributed by atoms with E-state index in [0.29, 0.717) is 17.5 Å². The van der Waals surface area contributed by atoms with Crippen molar-refractivity contribution in [2.75, 3.05) is 5.75 Å². The first-order valence-electron chi connectivity index (χ1n) is 15.1. The Bertz CT molecular complexity index is 1630. The Kier molecular flexibility index (Phi) is 9.76. The molecule has 0 aliphatic carbocycles. The third-order valence-electron chi connectivity index (χ3n) is 7.98. The number of aliphatic hydroxyl groups excluding tert-OH is 1. The lowest BCUT2D eigenvalue weighted by Gasteiger charge is -2.41. The van der Waals surface area contributed by atoms with Gasteiger partial charge in [0.05, 0.1) is 18.8 Å². The molecule has 1 aromatic heterocycles. The zero-order valence-electron chi connectivity index (χ0n) is 25.3. The zero-order chi connectivity index (χ0) is 31.2. The number of aromatic nitrogens is 1. The van der Waals surface area contributed by atoms with Gasteiger partial charge in [0, 0.05) is 41.8 Å². The molecule has 0 radical (unpaired) electrons. The van der Waals surface area contributed by atoms with Crippen molar-refractivity contribution in [3.63, 3.8) is 0 Å². The van der Waals surface area contributed by atoms with E-state index in [2.05, 4.69) is 12.2 Å². The maximum Gasteiger partial charge on any atom is 0.256 e. The number of carbonyl (C=O) groups excluding carboxylic acids is 1. The Morgan fingerprint density at radius 3 is 2.09 bits per heavy atom. The molecular weight excluding hydrogens is 584 g/mol. The van der Waals surface area contributed by atoms with Crippen LogP contribution in [0.5, 0.6) is 0 Å². The number of amides is 1. The second-order valence-corrected chi connectivity index (χ2v) is 12.1. The number of hydrogen-bond donors (Lipinski definition) is 2. The van der Waals surface area contributed by atoms with Gasteiger partial charge in [-0.25, -0.2) is 4.98 Å². The Morgan fingerprint density at radius 2 is 1.44 bits per heavy atom. The first-order valence-corrected chi connectivity index (χ1v) is 16.1. The van der Waals surface area contributed by atoms with Gasteiger partial charge in [0.2, 0.25) is 5.91 Å². The Morgan fingerprint density at radius 1 is 0.822 bits per heavy atom. The molecule has 1 aliphatic rings. The molecule has 1 fully saturated rings. The smallest absolute Gasteiger partial charge is 0.256 e. The molecule has 5 aromatic rings. The number of nitrogens with zero attached hydrogens (tertiary/aromatic N) is 1. The maximum absolute atomic E-state index is 11.4. The summed E-state index contributed by atoms with van der Waals surface area (Å²) < 4.78 is 19.6. The number of hydrogen-bond acceptors (Lipinski definition) is 7. The van der Waals surface area contributed by atoms with Gasteiger partial charge in [0.15, 0.2) is 12.1 Å². The van der Waals surface area contributed by atoms with E-state index in [9.17, 15) is 9.90 Å². The predicted molar refractivity (Wildman–Crippen MR) is 175 cm³/mol. The van der Waals surface area contributed by atoms with E-state index in [1.165, 1.54) is 18.7 Å². The van der Waals surface area contributed by atoms with Crippen LogP contribution in [0.15, 0.2) is 119 Å². The fourth-order valence-corrected chi connectivity index (χ4v) is 6.41. The lowest BCUT2D eigenvalue weighted by Crippen LogP contribution is -2.38. The molecule has 1 saturated heterocycles. The summed E-state index contributed by atoms with van der Waals surface area (Å²) >= 11 is 1.54. The van der Waals surface area contributed by atoms with E-state index in [1.54, 1.807) is 0 Å². The molecule has 0 spiro atoms. The van der Waals surface area contributed by atoms with Crippen molar-refractivity contribution >= 4 is 17.7 Å². The SMILES string of the molecule is CC(=O)NCc1ccc([C@H]2O[C@@H](CSc3nc(-c4ccccc4)c(-c4ccccc4)o3)[C@@H](C)[C@@H](c3ccc(CO)cc3)O2)cc1. The number of benzene rings is 4. The second-order valence-electron chi connectivity index (χ2n) is 11.2. The van der Waals surface area contributed by atoms with Gasteiger partial charge in [-0.1, -0.05) is 128 Å². The van der Waals surface area contributed by atoms with Gasteiger partial charge < -0.3 is 24.3 Å². The summed E-state index contributed by atoms with van der Waals surface area (Å²) in [5.41, 5.74) is 6.55. The molecule has 2 N–H and O–H groups in total. The van der Waals surface area contributed by atoms with E-state index < -0.39 is 6.29 Å². The number of ether oxygens (including phenoxy) is 2. The number of thioether (sulfide) groups is 1. The fourth-order valence-electron chi connectivity index (χ4n) is 5.42. The first-order chi connectivity index (χ1) is 22.0. The molecule has 0 saturated carbocycles. The maximum atomic E-state index is 11.4. The highest BCUT2D eigenvalue weighted by Crippen LogP contribution is 2.44. The number of aliphatic hydroxyl groups is 1. The van der Waals surface area contributed by atoms with E-state index in [-0.39, 0.29) is 30.6 Å². The average Bonchev–Trinajstić information content (AvgIpc) is 3.52. The van der Waals surface area contributed by atoms with Crippen LogP contribution >= 0.6 is 11.8 Å². The standard InChI is InChI=1S/C37H36N2O5S/c1-24-32(23-45-37-39-33(28-9-5-3-6-10-28)35(44-37)29-11-7-4-8-12-29)42-36(31-19-13-26(14-20-31)21-38-25(2)41)43-34(24)30-17-15-27(22-40)16-18-30/h3-20,24,32,34,36,40H,21-23H2,1-2H3,(H,38,41)/t24-,32+,34+,36+/m1/s1. The summed E-state index contributed by atoms with van der Waals surface area (Å²) in [5.74, 6) is 1.30. The minimum absolute atomic E-state index is 0.0106. The van der Waals surface area contributed by atoms with Gasteiger partial charge in [-0.05, 0) is 16.7 Å². The fraction of sp³-hybridized carbons (Fsp3) is 0.243. The van der Waals surface area contributed by atoms with Gasteiger partial charge >= 0.3 is 0 Å². The second kappa shape index (κ2) is 14.3. The summed E-state index contributed by atoms with van der Waals surface area (Å²) in [6, 6.07) is 36.0. The van der Waals surface area contributed by atoms with E-state index >= 15 is 0 Å². The Labute approximate surface area is 267 Å². The van der Waals surface area contributed by atoms with Crippen LogP contribution in [0.25, 0.3) is 22.6 Å². The molecular formula is C37H36N2O5S. The quantitative estimate of drug-likeness (QED) is 0.154. The van der Waals surface area contributed by atoms with Gasteiger partial charge in [-0.2, -0.15) is 0 Å². The van der Waals surface area contributed by atoms with Crippen molar-refractivity contribution in [1.29, 1.82) is 0 Å². The number of oxazole rings is 1. The normalized spacial score (nSPS) is 19.7. The molecule has 4 atom stereocenters. The minimum atomic E-state index is -0.589. The first kappa shape index (κ1) is 30.8. The molecule has 230 valence electrons. The van der Waals surface area contributed by atoms with E-state index in [1.807, 2.05) is 109 Å². The van der Waals surface area contributed by atoms with Crippen molar-refractivity contribution in [2.45, 2.75) is 50.7 Å². The summed E-state index contributed by atoms with van der Waals surface area (Å²) in [5, 5.41) is 13.0. The van der Waals surface area contributed by atoms with Gasteiger partial charge in [-0.3, -0.25) is 4.79 Å². The number of carbonyl (C=O) groups is 1. The van der Waals surface area contributed by atoms with Crippen molar-refractivity contribution in [3.05, 3.63) is 131 Å². The van der Waals surface area contributed by atoms with Crippen LogP contribution in [0.2, 0.25) is 0 Å². The van der Waals surface area contributed by atoms with Crippen LogP contribution in [0.3, 0.4) is 0 Å². The van der Waals surface area contributed by atoms with Crippen LogP contribution in [-0.2, 0) is 27.4 Å². The highest BCUT2D eigenvalue weighted by molar-refractivity contribution is 7.99. The summed E-state index contributed by atoms with van der Waals surface area (Å²) in [6.45, 7) is 4.10. The number of rotatable bonds is 10. The molecule has 1 aliphatic heterocycles. The lowest BCUT2D eigenvalue weighted by atomic mass is 9.91. The molecule has 45 heavy (non-hydrogen) atoms. The summed E-state index contributed by atoms with van der Waals surface area (Å²) in [4.78, 5) is 16.3. The molecule has 0 unspecified atom stereocenters. The molecule has 0 bridgehead atoms. The average molecular weight is 621 g/mol. The molecule has 8 heteroatoms. The highest BCUT2D eigenvalue weighted by Gasteiger charge is 2.38. The van der Waals surface area contributed by atoms with Gasteiger partial charge in [0.25, 0.3) is 5.22 Å². The monoisotopic (exact) mass is 620 g/mol. The highest BCUT2D eigenvalue weighted by atomic mass is 32.2. The molecule has 1 amide bonds. The number of nitrogens with one attached hydrogen (secondary N) is 1. The van der Waals surface area contributed by atoms with Crippen LogP contribution in [0.1, 0.15) is 48.5 Å². The van der Waals surface area contributed by atoms with Crippen LogP contribution < -0.4 is 5.32 Å². The molecule has 2 heterocycles. The van der Waals surface area contributed by atoms with Crippen LogP contribution in [-0.4, -0.2) is 27.9 Å². The summed E-state index contributed by atoms with van der Waals surface area (Å²) in [6.07, 6.45) is -0.999. The molecule has 7 nitrogen and oxygen atoms in total. The Hall–Kier alpha value is -4.21. The third kappa shape index (κ3) is 7.37. The van der Waals surface area contributed by atoms with E-state index in [4.69, 9.17) is 18.9 Å². The predicted octanol–water partition coefficient (Wildman–Crippen LogP) is 7.72. The van der Waals surface area contributed by atoms with Crippen LogP contribution in [0, 0.1) is 5.92 Å². The van der Waals surface area contributed by atoms with Crippen molar-refractivity contribution in [2.24, 2.45) is 5.92 Å². The van der Waals surface area contributed by atoms with E-state index in [0.717, 1.165) is 44.8 Å². The lowest BCUT2D eigenvalue weighted by molar-refractivity contribution is -0.268. The van der Waals surface area contributed by atoms with Crippen molar-refractivity contribution < 1.29 is 23.8 Å². The third-order valence-corrected chi connectivity index (χ3v) is 8.90. The minimum Gasteiger partial charge on any atom is -0.431 e.